The van der Waals surface area contributed by atoms with Crippen molar-refractivity contribution >= 4 is 40.7 Å². The highest BCUT2D eigenvalue weighted by Gasteiger charge is 2.31. The van der Waals surface area contributed by atoms with Gasteiger partial charge in [0.15, 0.2) is 0 Å². The number of hydrogen-bond acceptors (Lipinski definition) is 2. The summed E-state index contributed by atoms with van der Waals surface area (Å²) in [6, 6.07) is 2.57. The predicted molar refractivity (Wildman–Crippen MR) is 95.2 cm³/mol. The highest BCUT2D eigenvalue weighted by Crippen LogP contribution is 2.36. The molecule has 0 aromatic heterocycles. The van der Waals surface area contributed by atoms with Gasteiger partial charge in [-0.2, -0.15) is 0 Å². The van der Waals surface area contributed by atoms with Gasteiger partial charge in [0.05, 0.1) is 4.47 Å². The van der Waals surface area contributed by atoms with Crippen molar-refractivity contribution < 1.29 is 8.78 Å². The zero-order valence-electron chi connectivity index (χ0n) is 12.7. The van der Waals surface area contributed by atoms with Crippen LogP contribution in [0.25, 0.3) is 0 Å². The summed E-state index contributed by atoms with van der Waals surface area (Å²) < 4.78 is 29.0. The Balaban J connectivity index is 0.00000220. The fourth-order valence-electron chi connectivity index (χ4n) is 2.82. The van der Waals surface area contributed by atoms with E-state index < -0.39 is 11.6 Å². The van der Waals surface area contributed by atoms with Crippen LogP contribution >= 0.6 is 40.7 Å². The molecule has 0 bridgehead atoms. The van der Waals surface area contributed by atoms with Crippen LogP contribution in [-0.4, -0.2) is 31.1 Å². The van der Waals surface area contributed by atoms with Gasteiger partial charge in [-0.25, -0.2) is 8.78 Å². The molecule has 22 heavy (non-hydrogen) atoms. The first-order valence-corrected chi connectivity index (χ1v) is 7.93. The average molecular weight is 420 g/mol. The second kappa shape index (κ2) is 10.0. The number of rotatable bonds is 4. The lowest BCUT2D eigenvalue weighted by Gasteiger charge is -2.38. The maximum atomic E-state index is 14.4. The Labute approximate surface area is 152 Å². The van der Waals surface area contributed by atoms with Crippen LogP contribution in [0.4, 0.5) is 8.78 Å². The molecule has 2 nitrogen and oxygen atoms in total. The number of benzene rings is 1. The van der Waals surface area contributed by atoms with Crippen molar-refractivity contribution in [2.45, 2.75) is 26.3 Å². The molecule has 0 amide bonds. The average Bonchev–Trinajstić information content (AvgIpc) is 2.48. The maximum Gasteiger partial charge on any atom is 0.145 e. The Hall–Kier alpha value is 0.0600. The van der Waals surface area contributed by atoms with Crippen molar-refractivity contribution in [1.82, 2.24) is 10.2 Å². The summed E-state index contributed by atoms with van der Waals surface area (Å²) in [4.78, 5) is 2.19. The Bertz CT molecular complexity index is 471. The first-order chi connectivity index (χ1) is 9.56. The third-order valence-corrected chi connectivity index (χ3v) is 4.72. The van der Waals surface area contributed by atoms with Crippen molar-refractivity contribution in [2.75, 3.05) is 26.2 Å². The fourth-order valence-corrected chi connectivity index (χ4v) is 3.17. The highest BCUT2D eigenvalue weighted by molar-refractivity contribution is 9.10. The molecule has 1 saturated heterocycles. The number of halogens is 5. The van der Waals surface area contributed by atoms with Crippen LogP contribution in [0.15, 0.2) is 16.6 Å². The molecule has 1 unspecified atom stereocenters. The number of nitrogens with one attached hydrogen (secondary N) is 1. The molecule has 7 heteroatoms. The summed E-state index contributed by atoms with van der Waals surface area (Å²) >= 11 is 3.17. The minimum absolute atomic E-state index is 0. The first-order valence-electron chi connectivity index (χ1n) is 7.14. The van der Waals surface area contributed by atoms with Crippen molar-refractivity contribution in [3.63, 3.8) is 0 Å². The van der Waals surface area contributed by atoms with Crippen molar-refractivity contribution in [1.29, 1.82) is 0 Å². The molecular formula is C15H23BrCl2F2N2. The molecule has 1 N–H and O–H groups in total. The van der Waals surface area contributed by atoms with E-state index in [0.29, 0.717) is 4.47 Å². The van der Waals surface area contributed by atoms with Gasteiger partial charge in [-0.1, -0.05) is 20.3 Å². The maximum absolute atomic E-state index is 14.4. The van der Waals surface area contributed by atoms with Gasteiger partial charge in [-0.15, -0.1) is 24.8 Å². The first kappa shape index (κ1) is 22.1. The van der Waals surface area contributed by atoms with Crippen LogP contribution < -0.4 is 5.32 Å². The van der Waals surface area contributed by atoms with Gasteiger partial charge in [-0.3, -0.25) is 4.90 Å². The zero-order chi connectivity index (χ0) is 14.7. The van der Waals surface area contributed by atoms with E-state index in [4.69, 9.17) is 0 Å². The van der Waals surface area contributed by atoms with Gasteiger partial charge in [0.2, 0.25) is 0 Å². The highest BCUT2D eigenvalue weighted by atomic mass is 79.9. The zero-order valence-corrected chi connectivity index (χ0v) is 16.0. The Morgan fingerprint density at radius 2 is 1.82 bits per heavy atom. The van der Waals surface area contributed by atoms with Gasteiger partial charge < -0.3 is 5.32 Å². The summed E-state index contributed by atoms with van der Waals surface area (Å²) in [5.41, 5.74) is 0.204. The monoisotopic (exact) mass is 418 g/mol. The van der Waals surface area contributed by atoms with Crippen LogP contribution in [0.3, 0.4) is 0 Å². The second-order valence-corrected chi connectivity index (χ2v) is 6.23. The van der Waals surface area contributed by atoms with Gasteiger partial charge in [-0.05, 0) is 34.0 Å². The largest absolute Gasteiger partial charge is 0.314 e. The van der Waals surface area contributed by atoms with Crippen LogP contribution in [0.1, 0.15) is 31.9 Å². The summed E-state index contributed by atoms with van der Waals surface area (Å²) in [5, 5.41) is 3.28. The standard InChI is InChI=1S/C15H21BrF2N2.2ClH/c1-3-10(2)15(20-8-6-19-7-9-20)13-12(17)5-4-11(16)14(13)18;;/h4-5,10,15,19H,3,6-9H2,1-2H3;2*1H/t10?,15-;;/m0../s1. The van der Waals surface area contributed by atoms with E-state index in [1.54, 1.807) is 0 Å². The molecule has 1 aromatic rings. The molecule has 1 fully saturated rings. The van der Waals surface area contributed by atoms with E-state index in [1.165, 1.54) is 12.1 Å². The van der Waals surface area contributed by atoms with Gasteiger partial charge in [0, 0.05) is 37.8 Å². The van der Waals surface area contributed by atoms with Crippen molar-refractivity contribution in [2.24, 2.45) is 5.92 Å². The molecule has 1 aliphatic heterocycles. The smallest absolute Gasteiger partial charge is 0.145 e. The molecule has 1 heterocycles. The lowest BCUT2D eigenvalue weighted by atomic mass is 9.90. The SMILES string of the molecule is CCC(C)[C@@H](c1c(F)ccc(Br)c1F)N1CCNCC1.Cl.Cl. The van der Waals surface area contributed by atoms with E-state index in [0.717, 1.165) is 32.6 Å². The topological polar surface area (TPSA) is 15.3 Å². The molecule has 1 aromatic carbocycles. The molecule has 0 spiro atoms. The van der Waals surface area contributed by atoms with Gasteiger partial charge in [0.25, 0.3) is 0 Å². The third kappa shape index (κ3) is 4.78. The van der Waals surface area contributed by atoms with E-state index in [1.807, 2.05) is 0 Å². The van der Waals surface area contributed by atoms with Gasteiger partial charge >= 0.3 is 0 Å². The molecule has 2 rings (SSSR count). The molecule has 1 aliphatic rings. The predicted octanol–water partition coefficient (Wildman–Crippen LogP) is 4.56. The van der Waals surface area contributed by atoms with Crippen LogP contribution in [-0.2, 0) is 0 Å². The normalized spacial score (nSPS) is 18.0. The summed E-state index contributed by atoms with van der Waals surface area (Å²) in [5.74, 6) is -0.713. The lowest BCUT2D eigenvalue weighted by molar-refractivity contribution is 0.122. The van der Waals surface area contributed by atoms with E-state index >= 15 is 0 Å². The summed E-state index contributed by atoms with van der Waals surface area (Å²) in [6.07, 6.45) is 0.889. The molecule has 128 valence electrons. The third-order valence-electron chi connectivity index (χ3n) is 4.10. The van der Waals surface area contributed by atoms with Crippen molar-refractivity contribution in [3.8, 4) is 0 Å². The molecule has 0 aliphatic carbocycles. The minimum atomic E-state index is -0.464. The summed E-state index contributed by atoms with van der Waals surface area (Å²) in [6.45, 7) is 7.50. The Morgan fingerprint density at radius 1 is 1.23 bits per heavy atom. The Morgan fingerprint density at radius 3 is 2.36 bits per heavy atom. The number of hydrogen-bond donors (Lipinski definition) is 1. The quantitative estimate of drug-likeness (QED) is 0.719. The summed E-state index contributed by atoms with van der Waals surface area (Å²) in [7, 11) is 0. The van der Waals surface area contributed by atoms with Crippen molar-refractivity contribution in [3.05, 3.63) is 33.8 Å². The van der Waals surface area contributed by atoms with Gasteiger partial charge in [0.1, 0.15) is 11.6 Å². The second-order valence-electron chi connectivity index (χ2n) is 5.37. The van der Waals surface area contributed by atoms with E-state index in [2.05, 4.69) is 40.0 Å². The fraction of sp³-hybridized carbons (Fsp3) is 0.600. The van der Waals surface area contributed by atoms with Crippen LogP contribution in [0.2, 0.25) is 0 Å². The number of nitrogens with zero attached hydrogens (tertiary/aromatic N) is 1. The number of piperazine rings is 1. The molecule has 0 radical (unpaired) electrons. The van der Waals surface area contributed by atoms with Crippen LogP contribution in [0.5, 0.6) is 0 Å². The Kier molecular flexibility index (Phi) is 10.1. The molecule has 0 saturated carbocycles. The minimum Gasteiger partial charge on any atom is -0.314 e. The molecule has 2 atom stereocenters. The van der Waals surface area contributed by atoms with E-state index in [9.17, 15) is 8.78 Å². The lowest BCUT2D eigenvalue weighted by Crippen LogP contribution is -2.47. The van der Waals surface area contributed by atoms with Crippen LogP contribution in [0, 0.1) is 17.6 Å². The molecular weight excluding hydrogens is 397 g/mol. The van der Waals surface area contributed by atoms with E-state index in [-0.39, 0.29) is 42.3 Å².